The summed E-state index contributed by atoms with van der Waals surface area (Å²) in [7, 11) is -2.05. The Hall–Kier alpha value is -0.800. The van der Waals surface area contributed by atoms with E-state index in [-0.39, 0.29) is 0 Å². The molecule has 0 atom stereocenters. The Morgan fingerprint density at radius 2 is 1.38 bits per heavy atom. The molecule has 0 aliphatic heterocycles. The summed E-state index contributed by atoms with van der Waals surface area (Å²) in [5.74, 6) is -0.638. The second-order valence-corrected chi connectivity index (χ2v) is 6.34. The van der Waals surface area contributed by atoms with Crippen LogP contribution in [0.4, 0.5) is 26.3 Å². The number of amides is 1. The highest BCUT2D eigenvalue weighted by atomic mass is 31.2. The lowest BCUT2D eigenvalue weighted by Gasteiger charge is -2.20. The fourth-order valence-corrected chi connectivity index (χ4v) is 2.45. The molecule has 5 nitrogen and oxygen atoms in total. The van der Waals surface area contributed by atoms with Crippen molar-refractivity contribution in [2.45, 2.75) is 18.8 Å². The van der Waals surface area contributed by atoms with Crippen LogP contribution in [-0.4, -0.2) is 56.6 Å². The Morgan fingerprint density at radius 1 is 1.00 bits per heavy atom. The Labute approximate surface area is 116 Å². The number of hydrogen-bond acceptors (Lipinski definition) is 4. The van der Waals surface area contributed by atoms with E-state index < -0.39 is 51.7 Å². The van der Waals surface area contributed by atoms with E-state index in [0.717, 1.165) is 4.90 Å². The van der Waals surface area contributed by atoms with Crippen molar-refractivity contribution in [1.82, 2.24) is 4.90 Å². The molecular weight excluding hydrogens is 331 g/mol. The van der Waals surface area contributed by atoms with Gasteiger partial charge in [0, 0.05) is 20.5 Å². The summed E-state index contributed by atoms with van der Waals surface area (Å²) in [6.45, 7) is -4.06. The zero-order valence-electron chi connectivity index (χ0n) is 11.1. The fourth-order valence-electron chi connectivity index (χ4n) is 0.966. The monoisotopic (exact) mass is 345 g/mol. The van der Waals surface area contributed by atoms with Crippen molar-refractivity contribution in [3.8, 4) is 0 Å². The van der Waals surface area contributed by atoms with Crippen molar-refractivity contribution in [3.05, 3.63) is 0 Å². The Morgan fingerprint density at radius 3 is 1.67 bits per heavy atom. The first-order valence-electron chi connectivity index (χ1n) is 5.46. The van der Waals surface area contributed by atoms with Crippen LogP contribution in [-0.2, 0) is 18.4 Å². The standard InChI is InChI=1S/C9H14F6NO4P/c1-16(2)7(17)3-4-21(18,19-5-8(10,11)12)20-6-9(13,14)15/h3-6H2,1-2H3. The molecule has 0 aliphatic rings. The highest BCUT2D eigenvalue weighted by Crippen LogP contribution is 2.50. The topological polar surface area (TPSA) is 55.8 Å². The Bertz CT molecular complexity index is 373. The first-order valence-corrected chi connectivity index (χ1v) is 7.19. The van der Waals surface area contributed by atoms with Crippen LogP contribution >= 0.6 is 7.60 Å². The molecule has 0 heterocycles. The van der Waals surface area contributed by atoms with Crippen LogP contribution in [0.15, 0.2) is 0 Å². The predicted octanol–water partition coefficient (Wildman–Crippen LogP) is 2.82. The van der Waals surface area contributed by atoms with Gasteiger partial charge in [-0.25, -0.2) is 0 Å². The van der Waals surface area contributed by atoms with E-state index in [1.807, 2.05) is 0 Å². The highest BCUT2D eigenvalue weighted by Gasteiger charge is 2.38. The molecule has 0 rings (SSSR count). The molecule has 0 aromatic heterocycles. The van der Waals surface area contributed by atoms with Gasteiger partial charge in [-0.2, -0.15) is 26.3 Å². The third-order valence-corrected chi connectivity index (χ3v) is 3.76. The van der Waals surface area contributed by atoms with Gasteiger partial charge in [-0.1, -0.05) is 0 Å². The maximum Gasteiger partial charge on any atom is 0.412 e. The van der Waals surface area contributed by atoms with Crippen molar-refractivity contribution < 1.29 is 44.7 Å². The largest absolute Gasteiger partial charge is 0.412 e. The SMILES string of the molecule is CN(C)C(=O)CCP(=O)(OCC(F)(F)F)OCC(F)(F)F. The molecule has 0 radical (unpaired) electrons. The van der Waals surface area contributed by atoms with E-state index in [1.165, 1.54) is 14.1 Å². The number of alkyl halides is 6. The summed E-state index contributed by atoms with van der Waals surface area (Å²) in [6, 6.07) is 0. The van der Waals surface area contributed by atoms with Crippen LogP contribution in [0.2, 0.25) is 0 Å². The minimum Gasteiger partial charge on any atom is -0.349 e. The summed E-state index contributed by atoms with van der Waals surface area (Å²) in [6.07, 6.45) is -11.2. The van der Waals surface area contributed by atoms with E-state index in [0.29, 0.717) is 0 Å². The lowest BCUT2D eigenvalue weighted by molar-refractivity contribution is -0.165. The smallest absolute Gasteiger partial charge is 0.349 e. The minimum absolute atomic E-state index is 0.569. The van der Waals surface area contributed by atoms with E-state index >= 15 is 0 Å². The third-order valence-electron chi connectivity index (χ3n) is 1.95. The zero-order valence-corrected chi connectivity index (χ0v) is 12.0. The van der Waals surface area contributed by atoms with Crippen LogP contribution in [0, 0.1) is 0 Å². The number of nitrogens with zero attached hydrogens (tertiary/aromatic N) is 1. The molecular formula is C9H14F6NO4P. The average Bonchev–Trinajstić information content (AvgIpc) is 2.29. The lowest BCUT2D eigenvalue weighted by Crippen LogP contribution is -2.24. The van der Waals surface area contributed by atoms with Gasteiger partial charge in [0.1, 0.15) is 0 Å². The maximum atomic E-state index is 12.0. The number of carbonyl (C=O) groups is 1. The molecule has 0 N–H and O–H groups in total. The number of hydrogen-bond donors (Lipinski definition) is 0. The van der Waals surface area contributed by atoms with E-state index in [4.69, 9.17) is 0 Å². The minimum atomic E-state index is -4.89. The van der Waals surface area contributed by atoms with Crippen molar-refractivity contribution in [2.75, 3.05) is 33.5 Å². The normalized spacial score (nSPS) is 13.3. The molecule has 21 heavy (non-hydrogen) atoms. The van der Waals surface area contributed by atoms with Crippen molar-refractivity contribution in [2.24, 2.45) is 0 Å². The molecule has 0 spiro atoms. The summed E-state index contributed by atoms with van der Waals surface area (Å²) >= 11 is 0. The molecule has 12 heteroatoms. The van der Waals surface area contributed by atoms with Crippen LogP contribution in [0.1, 0.15) is 6.42 Å². The predicted molar refractivity (Wildman–Crippen MR) is 59.8 cm³/mol. The second-order valence-electron chi connectivity index (χ2n) is 4.15. The van der Waals surface area contributed by atoms with Gasteiger partial charge in [-0.15, -0.1) is 0 Å². The van der Waals surface area contributed by atoms with Crippen LogP contribution < -0.4 is 0 Å². The van der Waals surface area contributed by atoms with Gasteiger partial charge < -0.3 is 4.90 Å². The molecule has 0 unspecified atom stereocenters. The molecule has 0 bridgehead atoms. The summed E-state index contributed by atoms with van der Waals surface area (Å²) in [4.78, 5) is 12.3. The van der Waals surface area contributed by atoms with Gasteiger partial charge in [-0.3, -0.25) is 18.4 Å². The number of rotatable bonds is 7. The van der Waals surface area contributed by atoms with Gasteiger partial charge in [-0.05, 0) is 0 Å². The second kappa shape index (κ2) is 7.46. The van der Waals surface area contributed by atoms with Crippen LogP contribution in [0.5, 0.6) is 0 Å². The molecule has 0 aromatic carbocycles. The molecule has 0 aromatic rings. The lowest BCUT2D eigenvalue weighted by atomic mass is 10.4. The molecule has 0 fully saturated rings. The molecule has 0 aliphatic carbocycles. The molecule has 126 valence electrons. The van der Waals surface area contributed by atoms with Crippen molar-refractivity contribution in [3.63, 3.8) is 0 Å². The van der Waals surface area contributed by atoms with Gasteiger partial charge in [0.25, 0.3) is 0 Å². The van der Waals surface area contributed by atoms with Gasteiger partial charge in [0.05, 0.1) is 6.16 Å². The van der Waals surface area contributed by atoms with Gasteiger partial charge in [0.2, 0.25) is 5.91 Å². The van der Waals surface area contributed by atoms with E-state index in [1.54, 1.807) is 0 Å². The number of carbonyl (C=O) groups excluding carboxylic acids is 1. The Balaban J connectivity index is 4.74. The first-order chi connectivity index (χ1) is 9.24. The Kier molecular flexibility index (Phi) is 7.17. The zero-order chi connectivity index (χ0) is 16.9. The quantitative estimate of drug-likeness (QED) is 0.526. The van der Waals surface area contributed by atoms with Gasteiger partial charge >= 0.3 is 19.9 Å². The van der Waals surface area contributed by atoms with Gasteiger partial charge in [0.15, 0.2) is 13.2 Å². The van der Waals surface area contributed by atoms with Crippen LogP contribution in [0.25, 0.3) is 0 Å². The van der Waals surface area contributed by atoms with Crippen LogP contribution in [0.3, 0.4) is 0 Å². The number of halogens is 6. The highest BCUT2D eigenvalue weighted by molar-refractivity contribution is 7.53. The summed E-state index contributed by atoms with van der Waals surface area (Å²) < 4.78 is 91.7. The summed E-state index contributed by atoms with van der Waals surface area (Å²) in [5.41, 5.74) is 0. The van der Waals surface area contributed by atoms with Crippen molar-refractivity contribution >= 4 is 13.5 Å². The fraction of sp³-hybridized carbons (Fsp3) is 0.889. The van der Waals surface area contributed by atoms with E-state index in [2.05, 4.69) is 9.05 Å². The average molecular weight is 345 g/mol. The van der Waals surface area contributed by atoms with Crippen molar-refractivity contribution in [1.29, 1.82) is 0 Å². The molecule has 1 amide bonds. The molecule has 0 saturated heterocycles. The molecule has 0 saturated carbocycles. The first kappa shape index (κ1) is 20.2. The third kappa shape index (κ3) is 10.6. The summed E-state index contributed by atoms with van der Waals surface area (Å²) in [5, 5.41) is 0. The maximum absolute atomic E-state index is 12.0. The van der Waals surface area contributed by atoms with E-state index in [9.17, 15) is 35.7 Å².